The lowest BCUT2D eigenvalue weighted by molar-refractivity contribution is -0.134. The van der Waals surface area contributed by atoms with Gasteiger partial charge in [-0.15, -0.1) is 0 Å². The van der Waals surface area contributed by atoms with E-state index in [9.17, 15) is 4.79 Å². The maximum Gasteiger partial charge on any atom is 0.330 e. The Kier molecular flexibility index (Phi) is 5.84. The number of hydrogen-bond acceptors (Lipinski definition) is 5. The fraction of sp³-hybridized carbons (Fsp3) is 0.400. The molecule has 0 saturated carbocycles. The summed E-state index contributed by atoms with van der Waals surface area (Å²) in [5, 5.41) is 0. The summed E-state index contributed by atoms with van der Waals surface area (Å²) < 4.78 is 21.3. The van der Waals surface area contributed by atoms with Gasteiger partial charge in [-0.2, -0.15) is 0 Å². The fourth-order valence-corrected chi connectivity index (χ4v) is 2.45. The van der Waals surface area contributed by atoms with Gasteiger partial charge in [-0.1, -0.05) is 0 Å². The van der Waals surface area contributed by atoms with Crippen molar-refractivity contribution >= 4 is 20.4 Å². The van der Waals surface area contributed by atoms with Crippen LogP contribution in [0.2, 0.25) is 19.6 Å². The summed E-state index contributed by atoms with van der Waals surface area (Å²) >= 11 is 0. The molecule has 1 aromatic carbocycles. The van der Waals surface area contributed by atoms with Gasteiger partial charge in [-0.25, -0.2) is 4.79 Å². The Balaban J connectivity index is 3.23. The molecule has 21 heavy (non-hydrogen) atoms. The summed E-state index contributed by atoms with van der Waals surface area (Å²) in [6.07, 6.45) is 2.97. The molecule has 0 saturated heterocycles. The second-order valence-electron chi connectivity index (χ2n) is 5.33. The van der Waals surface area contributed by atoms with Crippen molar-refractivity contribution < 1.29 is 23.4 Å². The predicted octanol–water partition coefficient (Wildman–Crippen LogP) is 3.10. The van der Waals surface area contributed by atoms with Crippen LogP contribution in [0, 0.1) is 0 Å². The van der Waals surface area contributed by atoms with Gasteiger partial charge >= 0.3 is 5.97 Å². The molecular formula is C15H22O5Si. The zero-order valence-electron chi connectivity index (χ0n) is 13.4. The molecule has 0 heterocycles. The lowest BCUT2D eigenvalue weighted by atomic mass is 10.1. The Hall–Kier alpha value is -1.95. The molecule has 0 aromatic heterocycles. The number of ether oxygens (including phenoxy) is 3. The van der Waals surface area contributed by atoms with E-state index in [2.05, 4.69) is 24.4 Å². The van der Waals surface area contributed by atoms with Crippen LogP contribution in [-0.2, 0) is 9.53 Å². The average molecular weight is 310 g/mol. The van der Waals surface area contributed by atoms with Crippen LogP contribution in [0.3, 0.4) is 0 Å². The number of carbonyl (C=O) groups is 1. The second kappa shape index (κ2) is 7.17. The van der Waals surface area contributed by atoms with Gasteiger partial charge in [0.05, 0.1) is 21.3 Å². The van der Waals surface area contributed by atoms with Crippen LogP contribution in [0.25, 0.3) is 6.08 Å². The van der Waals surface area contributed by atoms with Crippen LogP contribution in [0.1, 0.15) is 5.56 Å². The van der Waals surface area contributed by atoms with Crippen molar-refractivity contribution in [3.63, 3.8) is 0 Å². The van der Waals surface area contributed by atoms with Crippen LogP contribution in [0.15, 0.2) is 18.2 Å². The van der Waals surface area contributed by atoms with Gasteiger partial charge in [0.2, 0.25) is 8.32 Å². The van der Waals surface area contributed by atoms with Crippen molar-refractivity contribution in [2.75, 3.05) is 21.3 Å². The summed E-state index contributed by atoms with van der Waals surface area (Å²) in [6.45, 7) is 6.24. The Morgan fingerprint density at radius 1 is 1.05 bits per heavy atom. The van der Waals surface area contributed by atoms with Gasteiger partial charge in [0, 0.05) is 6.08 Å². The van der Waals surface area contributed by atoms with Crippen LogP contribution in [0.5, 0.6) is 17.2 Å². The molecule has 5 nitrogen and oxygen atoms in total. The zero-order valence-corrected chi connectivity index (χ0v) is 14.4. The Morgan fingerprint density at radius 3 is 1.95 bits per heavy atom. The molecule has 0 bridgehead atoms. The van der Waals surface area contributed by atoms with E-state index in [1.165, 1.54) is 13.2 Å². The highest BCUT2D eigenvalue weighted by Crippen LogP contribution is 2.40. The number of esters is 1. The minimum atomic E-state index is -1.81. The minimum absolute atomic E-state index is 0.421. The number of methoxy groups -OCH3 is 3. The van der Waals surface area contributed by atoms with Crippen molar-refractivity contribution in [1.29, 1.82) is 0 Å². The lowest BCUT2D eigenvalue weighted by Crippen LogP contribution is -2.29. The molecule has 0 aliphatic heterocycles. The number of rotatable bonds is 6. The molecule has 0 amide bonds. The highest BCUT2D eigenvalue weighted by molar-refractivity contribution is 6.70. The summed E-state index contributed by atoms with van der Waals surface area (Å²) in [6, 6.07) is 3.58. The third kappa shape index (κ3) is 5.15. The topological polar surface area (TPSA) is 54.0 Å². The predicted molar refractivity (Wildman–Crippen MR) is 84.6 cm³/mol. The van der Waals surface area contributed by atoms with Crippen LogP contribution in [-0.4, -0.2) is 35.6 Å². The first-order chi connectivity index (χ1) is 9.80. The summed E-state index contributed by atoms with van der Waals surface area (Å²) in [7, 11) is 2.67. The van der Waals surface area contributed by atoms with E-state index in [0.29, 0.717) is 17.2 Å². The van der Waals surface area contributed by atoms with Crippen LogP contribution < -0.4 is 13.9 Å². The van der Waals surface area contributed by atoms with Gasteiger partial charge in [-0.05, 0) is 43.4 Å². The molecule has 0 spiro atoms. The molecule has 0 fully saturated rings. The molecule has 0 N–H and O–H groups in total. The number of benzene rings is 1. The van der Waals surface area contributed by atoms with Crippen molar-refractivity contribution in [3.8, 4) is 17.2 Å². The fourth-order valence-electron chi connectivity index (χ4n) is 1.64. The SMILES string of the molecule is COC(=O)/C=C\c1cc(OC)c(O[Si](C)(C)C)c(OC)c1. The first-order valence-electron chi connectivity index (χ1n) is 6.51. The molecule has 0 radical (unpaired) electrons. The molecule has 1 rings (SSSR count). The molecule has 0 unspecified atom stereocenters. The standard InChI is InChI=1S/C15H22O5Si/c1-17-12-9-11(7-8-14(16)19-3)10-13(18-2)15(12)20-21(4,5)6/h7-10H,1-6H3/b8-7-. The molecular weight excluding hydrogens is 288 g/mol. The van der Waals surface area contributed by atoms with Gasteiger partial charge in [-0.3, -0.25) is 0 Å². The normalized spacial score (nSPS) is 11.3. The molecule has 0 aliphatic rings. The van der Waals surface area contributed by atoms with Crippen LogP contribution >= 0.6 is 0 Å². The van der Waals surface area contributed by atoms with Crippen molar-refractivity contribution in [1.82, 2.24) is 0 Å². The highest BCUT2D eigenvalue weighted by Gasteiger charge is 2.22. The van der Waals surface area contributed by atoms with Crippen LogP contribution in [0.4, 0.5) is 0 Å². The Bertz CT molecular complexity index is 506. The average Bonchev–Trinajstić information content (AvgIpc) is 2.43. The summed E-state index contributed by atoms with van der Waals surface area (Å²) in [4.78, 5) is 11.2. The minimum Gasteiger partial charge on any atom is -0.539 e. The quantitative estimate of drug-likeness (QED) is 0.459. The molecule has 0 atom stereocenters. The third-order valence-electron chi connectivity index (χ3n) is 2.50. The molecule has 116 valence electrons. The maximum absolute atomic E-state index is 11.2. The van der Waals surface area contributed by atoms with E-state index in [4.69, 9.17) is 13.9 Å². The van der Waals surface area contributed by atoms with Gasteiger partial charge in [0.15, 0.2) is 17.2 Å². The smallest absolute Gasteiger partial charge is 0.330 e. The monoisotopic (exact) mass is 310 g/mol. The maximum atomic E-state index is 11.2. The van der Waals surface area contributed by atoms with Gasteiger partial charge in [0.25, 0.3) is 0 Å². The summed E-state index contributed by atoms with van der Waals surface area (Å²) in [5.74, 6) is 1.31. The van der Waals surface area contributed by atoms with Crippen molar-refractivity contribution in [2.45, 2.75) is 19.6 Å². The van der Waals surface area contributed by atoms with E-state index >= 15 is 0 Å². The number of hydrogen-bond donors (Lipinski definition) is 0. The summed E-state index contributed by atoms with van der Waals surface area (Å²) in [5.41, 5.74) is 0.761. The largest absolute Gasteiger partial charge is 0.539 e. The Morgan fingerprint density at radius 2 is 1.57 bits per heavy atom. The first kappa shape index (κ1) is 17.1. The molecule has 6 heteroatoms. The van der Waals surface area contributed by atoms with Crippen molar-refractivity contribution in [3.05, 3.63) is 23.8 Å². The van der Waals surface area contributed by atoms with Gasteiger partial charge in [0.1, 0.15) is 0 Å². The third-order valence-corrected chi connectivity index (χ3v) is 3.32. The second-order valence-corrected chi connectivity index (χ2v) is 9.75. The van der Waals surface area contributed by atoms with E-state index in [0.717, 1.165) is 5.56 Å². The van der Waals surface area contributed by atoms with E-state index in [1.807, 2.05) is 0 Å². The Labute approximate surface area is 126 Å². The lowest BCUT2D eigenvalue weighted by Gasteiger charge is -2.23. The first-order valence-corrected chi connectivity index (χ1v) is 9.92. The molecule has 0 aliphatic carbocycles. The van der Waals surface area contributed by atoms with E-state index in [1.54, 1.807) is 32.4 Å². The number of carbonyl (C=O) groups excluding carboxylic acids is 1. The van der Waals surface area contributed by atoms with E-state index in [-0.39, 0.29) is 0 Å². The van der Waals surface area contributed by atoms with E-state index < -0.39 is 14.3 Å². The molecule has 1 aromatic rings. The van der Waals surface area contributed by atoms with Crippen molar-refractivity contribution in [2.24, 2.45) is 0 Å². The van der Waals surface area contributed by atoms with Gasteiger partial charge < -0.3 is 18.6 Å². The zero-order chi connectivity index (χ0) is 16.0. The highest BCUT2D eigenvalue weighted by atomic mass is 28.4.